The fourth-order valence-electron chi connectivity index (χ4n) is 5.07. The third-order valence-electron chi connectivity index (χ3n) is 6.79. The molecule has 1 saturated heterocycles. The molecule has 30 heavy (non-hydrogen) atoms. The van der Waals surface area contributed by atoms with Crippen LogP contribution in [0.3, 0.4) is 0 Å². The molecule has 1 saturated carbocycles. The molecule has 1 aromatic carbocycles. The van der Waals surface area contributed by atoms with Gasteiger partial charge in [0, 0.05) is 6.54 Å². The van der Waals surface area contributed by atoms with Gasteiger partial charge in [0.1, 0.15) is 6.04 Å². The number of Topliss-reactive ketones (excluding diaryl/α,β-unsaturated/α-hetero) is 1. The lowest BCUT2D eigenvalue weighted by molar-refractivity contribution is -0.142. The number of rotatable bonds is 9. The topological polar surface area (TPSA) is 116 Å². The maximum atomic E-state index is 13.3. The molecular formula is C23H32N2O5. The summed E-state index contributed by atoms with van der Waals surface area (Å²) >= 11 is 0. The van der Waals surface area contributed by atoms with Gasteiger partial charge in [-0.3, -0.25) is 19.7 Å². The molecule has 4 N–H and O–H groups in total. The molecule has 7 nitrogen and oxygen atoms in total. The van der Waals surface area contributed by atoms with E-state index in [2.05, 4.69) is 10.6 Å². The van der Waals surface area contributed by atoms with Crippen LogP contribution in [0.1, 0.15) is 51.0 Å². The smallest absolute Gasteiger partial charge is 0.320 e. The van der Waals surface area contributed by atoms with Crippen LogP contribution >= 0.6 is 0 Å². The normalized spacial score (nSPS) is 25.0. The minimum atomic E-state index is -0.912. The minimum Gasteiger partial charge on any atom is -0.481 e. The maximum Gasteiger partial charge on any atom is 0.320 e. The molecule has 1 spiro atoms. The summed E-state index contributed by atoms with van der Waals surface area (Å²) in [4.78, 5) is 36.5. The van der Waals surface area contributed by atoms with Gasteiger partial charge in [0.25, 0.3) is 0 Å². The highest BCUT2D eigenvalue weighted by Gasteiger charge is 2.52. The quantitative estimate of drug-likeness (QED) is 0.488. The second-order valence-electron chi connectivity index (χ2n) is 8.87. The highest BCUT2D eigenvalue weighted by molar-refractivity contribution is 5.91. The first-order valence-corrected chi connectivity index (χ1v) is 10.8. The Kier molecular flexibility index (Phi) is 7.26. The summed E-state index contributed by atoms with van der Waals surface area (Å²) in [5.41, 5.74) is 0.637. The Bertz CT molecular complexity index is 760. The third kappa shape index (κ3) is 5.08. The van der Waals surface area contributed by atoms with E-state index in [-0.39, 0.29) is 17.7 Å². The van der Waals surface area contributed by atoms with Crippen LogP contribution in [0.25, 0.3) is 0 Å². The molecule has 0 amide bonds. The minimum absolute atomic E-state index is 0.0653. The first-order chi connectivity index (χ1) is 14.3. The average molecular weight is 417 g/mol. The molecular weight excluding hydrogens is 384 g/mol. The van der Waals surface area contributed by atoms with Crippen LogP contribution in [-0.2, 0) is 20.8 Å². The summed E-state index contributed by atoms with van der Waals surface area (Å²) in [7, 11) is 0. The van der Waals surface area contributed by atoms with Crippen molar-refractivity contribution in [1.29, 1.82) is 0 Å². The van der Waals surface area contributed by atoms with Crippen molar-refractivity contribution in [2.75, 3.05) is 6.54 Å². The summed E-state index contributed by atoms with van der Waals surface area (Å²) in [6, 6.07) is 7.68. The fraction of sp³-hybridized carbons (Fsp3) is 0.609. The van der Waals surface area contributed by atoms with Crippen LogP contribution in [0.2, 0.25) is 0 Å². The number of carboxylic acids is 2. The molecule has 2 fully saturated rings. The molecule has 4 atom stereocenters. The number of hydrogen-bond donors (Lipinski definition) is 4. The van der Waals surface area contributed by atoms with Crippen LogP contribution in [-0.4, -0.2) is 52.6 Å². The molecule has 1 aliphatic heterocycles. The standard InChI is InChI=1S/C23H32N2O5/c1-15(24-14-17(21(27)28)12-16-8-4-2-5-9-16)19(26)20-23(10-6-3-7-11-23)13-18(25-20)22(29)30/h2,4-5,8-9,15,17-18,20,24-25H,3,6-7,10-14H2,1H3,(H,27,28)(H,29,30)/t15-,17?,18?,20?/m0/s1. The van der Waals surface area contributed by atoms with Gasteiger partial charge in [-0.1, -0.05) is 49.6 Å². The molecule has 1 aliphatic carbocycles. The summed E-state index contributed by atoms with van der Waals surface area (Å²) in [5, 5.41) is 25.3. The van der Waals surface area contributed by atoms with Gasteiger partial charge in [0.2, 0.25) is 0 Å². The lowest BCUT2D eigenvalue weighted by atomic mass is 9.67. The van der Waals surface area contributed by atoms with E-state index < -0.39 is 36.0 Å². The SMILES string of the molecule is C[C@H](NCC(Cc1ccccc1)C(=O)O)C(=O)C1NC(C(=O)O)CC12CCCCC2. The number of benzene rings is 1. The Hall–Kier alpha value is -2.25. The molecule has 0 bridgehead atoms. The van der Waals surface area contributed by atoms with E-state index in [9.17, 15) is 24.6 Å². The number of hydrogen-bond acceptors (Lipinski definition) is 5. The van der Waals surface area contributed by atoms with Gasteiger partial charge < -0.3 is 15.5 Å². The van der Waals surface area contributed by atoms with Crippen molar-refractivity contribution in [3.8, 4) is 0 Å². The van der Waals surface area contributed by atoms with E-state index in [1.807, 2.05) is 30.3 Å². The van der Waals surface area contributed by atoms with Gasteiger partial charge >= 0.3 is 11.9 Å². The van der Waals surface area contributed by atoms with Gasteiger partial charge in [-0.25, -0.2) is 0 Å². The summed E-state index contributed by atoms with van der Waals surface area (Å²) in [6.45, 7) is 1.93. The Morgan fingerprint density at radius 2 is 1.80 bits per heavy atom. The van der Waals surface area contributed by atoms with E-state index in [0.29, 0.717) is 12.8 Å². The summed E-state index contributed by atoms with van der Waals surface area (Å²) in [6.07, 6.45) is 5.73. The predicted octanol–water partition coefficient (Wildman–Crippen LogP) is 2.24. The molecule has 0 aromatic heterocycles. The monoisotopic (exact) mass is 416 g/mol. The number of ketones is 1. The maximum absolute atomic E-state index is 13.3. The Labute approximate surface area is 177 Å². The highest BCUT2D eigenvalue weighted by atomic mass is 16.4. The highest BCUT2D eigenvalue weighted by Crippen LogP contribution is 2.47. The molecule has 164 valence electrons. The second kappa shape index (κ2) is 9.71. The zero-order chi connectivity index (χ0) is 21.7. The predicted molar refractivity (Wildman–Crippen MR) is 112 cm³/mol. The van der Waals surface area contributed by atoms with Crippen molar-refractivity contribution in [2.24, 2.45) is 11.3 Å². The number of carbonyl (C=O) groups excluding carboxylic acids is 1. The zero-order valence-corrected chi connectivity index (χ0v) is 17.5. The van der Waals surface area contributed by atoms with Crippen molar-refractivity contribution in [2.45, 2.75) is 70.0 Å². The third-order valence-corrected chi connectivity index (χ3v) is 6.79. The Balaban J connectivity index is 1.64. The largest absolute Gasteiger partial charge is 0.481 e. The lowest BCUT2D eigenvalue weighted by Gasteiger charge is -2.38. The van der Waals surface area contributed by atoms with Gasteiger partial charge in [-0.05, 0) is 43.6 Å². The first kappa shape index (κ1) is 22.4. The average Bonchev–Trinajstić information content (AvgIpc) is 3.10. The zero-order valence-electron chi connectivity index (χ0n) is 17.5. The van der Waals surface area contributed by atoms with E-state index in [1.54, 1.807) is 6.92 Å². The van der Waals surface area contributed by atoms with Crippen LogP contribution in [0.5, 0.6) is 0 Å². The van der Waals surface area contributed by atoms with Gasteiger partial charge in [-0.2, -0.15) is 0 Å². The van der Waals surface area contributed by atoms with Crippen molar-refractivity contribution in [3.63, 3.8) is 0 Å². The summed E-state index contributed by atoms with van der Waals surface area (Å²) < 4.78 is 0. The molecule has 3 rings (SSSR count). The lowest BCUT2D eigenvalue weighted by Crippen LogP contribution is -2.53. The van der Waals surface area contributed by atoms with Crippen molar-refractivity contribution >= 4 is 17.7 Å². The van der Waals surface area contributed by atoms with Crippen LogP contribution in [0.4, 0.5) is 0 Å². The van der Waals surface area contributed by atoms with Gasteiger partial charge in [-0.15, -0.1) is 0 Å². The molecule has 0 radical (unpaired) electrons. The molecule has 2 aliphatic rings. The first-order valence-electron chi connectivity index (χ1n) is 10.8. The van der Waals surface area contributed by atoms with E-state index in [4.69, 9.17) is 0 Å². The van der Waals surface area contributed by atoms with Crippen molar-refractivity contribution in [3.05, 3.63) is 35.9 Å². The van der Waals surface area contributed by atoms with Crippen LogP contribution < -0.4 is 10.6 Å². The molecule has 1 aromatic rings. The Morgan fingerprint density at radius 1 is 1.13 bits per heavy atom. The molecule has 3 unspecified atom stereocenters. The van der Waals surface area contributed by atoms with Crippen LogP contribution in [0.15, 0.2) is 30.3 Å². The van der Waals surface area contributed by atoms with E-state index in [1.165, 1.54) is 0 Å². The van der Waals surface area contributed by atoms with E-state index >= 15 is 0 Å². The van der Waals surface area contributed by atoms with Crippen LogP contribution in [0, 0.1) is 11.3 Å². The fourth-order valence-corrected chi connectivity index (χ4v) is 5.07. The summed E-state index contributed by atoms with van der Waals surface area (Å²) in [5.74, 6) is -2.52. The number of aliphatic carboxylic acids is 2. The molecule has 1 heterocycles. The Morgan fingerprint density at radius 3 is 2.40 bits per heavy atom. The van der Waals surface area contributed by atoms with E-state index in [0.717, 1.165) is 37.7 Å². The number of carboxylic acid groups (broad SMARTS) is 2. The van der Waals surface area contributed by atoms with Gasteiger partial charge in [0.05, 0.1) is 18.0 Å². The molecule has 7 heteroatoms. The van der Waals surface area contributed by atoms with Gasteiger partial charge in [0.15, 0.2) is 5.78 Å². The van der Waals surface area contributed by atoms with Crippen molar-refractivity contribution < 1.29 is 24.6 Å². The number of carbonyl (C=O) groups is 3. The second-order valence-corrected chi connectivity index (χ2v) is 8.87. The van der Waals surface area contributed by atoms with Crippen molar-refractivity contribution in [1.82, 2.24) is 10.6 Å². The number of nitrogens with one attached hydrogen (secondary N) is 2.